The molecule has 20 heavy (non-hydrogen) atoms. The summed E-state index contributed by atoms with van der Waals surface area (Å²) in [4.78, 5) is 12.1. The number of nitrogens with zero attached hydrogens (tertiary/aromatic N) is 2. The highest BCUT2D eigenvalue weighted by atomic mass is 16.1. The lowest BCUT2D eigenvalue weighted by Crippen LogP contribution is -2.33. The van der Waals surface area contributed by atoms with E-state index in [1.165, 1.54) is 5.56 Å². The monoisotopic (exact) mass is 271 g/mol. The molecule has 0 saturated heterocycles. The van der Waals surface area contributed by atoms with E-state index in [9.17, 15) is 4.79 Å². The molecule has 4 nitrogen and oxygen atoms in total. The second-order valence-electron chi connectivity index (χ2n) is 4.90. The van der Waals surface area contributed by atoms with Gasteiger partial charge in [0.25, 0.3) is 5.91 Å². The first-order valence-electron chi connectivity index (χ1n) is 7.10. The van der Waals surface area contributed by atoms with Crippen LogP contribution in [-0.2, 0) is 6.54 Å². The van der Waals surface area contributed by atoms with Gasteiger partial charge in [-0.25, -0.2) is 0 Å². The standard InChI is InChI=1S/C16H21N3O/c1-3-15(4-2)18-16(20)14-10-17-19(12-14)11-13-8-6-5-7-9-13/h5-10,12,15H,3-4,11H2,1-2H3,(H,18,20). The van der Waals surface area contributed by atoms with E-state index < -0.39 is 0 Å². The second kappa shape index (κ2) is 6.89. The van der Waals surface area contributed by atoms with E-state index in [0.29, 0.717) is 12.1 Å². The van der Waals surface area contributed by atoms with Crippen LogP contribution in [0.25, 0.3) is 0 Å². The van der Waals surface area contributed by atoms with Crippen molar-refractivity contribution in [3.8, 4) is 0 Å². The Hall–Kier alpha value is -2.10. The van der Waals surface area contributed by atoms with Gasteiger partial charge in [0.1, 0.15) is 0 Å². The van der Waals surface area contributed by atoms with Crippen molar-refractivity contribution >= 4 is 5.91 Å². The molecule has 1 aromatic carbocycles. The van der Waals surface area contributed by atoms with E-state index in [-0.39, 0.29) is 11.9 Å². The minimum Gasteiger partial charge on any atom is -0.349 e. The van der Waals surface area contributed by atoms with Crippen LogP contribution in [0.2, 0.25) is 0 Å². The highest BCUT2D eigenvalue weighted by Gasteiger charge is 2.12. The molecule has 0 atom stereocenters. The highest BCUT2D eigenvalue weighted by Crippen LogP contribution is 2.05. The summed E-state index contributed by atoms with van der Waals surface area (Å²) in [6, 6.07) is 10.3. The number of benzene rings is 1. The minimum absolute atomic E-state index is 0.0435. The Bertz CT molecular complexity index is 544. The maximum absolute atomic E-state index is 12.1. The SMILES string of the molecule is CCC(CC)NC(=O)c1cnn(Cc2ccccc2)c1. The maximum atomic E-state index is 12.1. The van der Waals surface area contributed by atoms with Crippen molar-refractivity contribution in [1.29, 1.82) is 0 Å². The van der Waals surface area contributed by atoms with Crippen LogP contribution in [-0.4, -0.2) is 21.7 Å². The molecular formula is C16H21N3O. The van der Waals surface area contributed by atoms with Crippen molar-refractivity contribution in [1.82, 2.24) is 15.1 Å². The number of carbonyl (C=O) groups excluding carboxylic acids is 1. The predicted molar refractivity (Wildman–Crippen MR) is 79.6 cm³/mol. The fraction of sp³-hybridized carbons (Fsp3) is 0.375. The van der Waals surface area contributed by atoms with Crippen LogP contribution in [0.3, 0.4) is 0 Å². The van der Waals surface area contributed by atoms with Gasteiger partial charge >= 0.3 is 0 Å². The number of carbonyl (C=O) groups is 1. The van der Waals surface area contributed by atoms with Crippen LogP contribution in [0.1, 0.15) is 42.6 Å². The molecule has 0 aliphatic rings. The maximum Gasteiger partial charge on any atom is 0.254 e. The van der Waals surface area contributed by atoms with Gasteiger partial charge in [-0.1, -0.05) is 44.2 Å². The van der Waals surface area contributed by atoms with E-state index in [1.54, 1.807) is 17.1 Å². The number of rotatable bonds is 6. The van der Waals surface area contributed by atoms with Gasteiger partial charge in [0.15, 0.2) is 0 Å². The van der Waals surface area contributed by atoms with E-state index in [0.717, 1.165) is 12.8 Å². The third kappa shape index (κ3) is 3.70. The zero-order valence-electron chi connectivity index (χ0n) is 12.0. The third-order valence-electron chi connectivity index (χ3n) is 3.40. The molecule has 0 fully saturated rings. The first kappa shape index (κ1) is 14.3. The van der Waals surface area contributed by atoms with E-state index in [2.05, 4.69) is 24.3 Å². The fourth-order valence-electron chi connectivity index (χ4n) is 2.10. The quantitative estimate of drug-likeness (QED) is 0.878. The molecule has 2 aromatic rings. The number of amides is 1. The lowest BCUT2D eigenvalue weighted by atomic mass is 10.1. The van der Waals surface area contributed by atoms with Crippen molar-refractivity contribution in [2.24, 2.45) is 0 Å². The van der Waals surface area contributed by atoms with Crippen molar-refractivity contribution in [2.45, 2.75) is 39.3 Å². The summed E-state index contributed by atoms with van der Waals surface area (Å²) in [6.07, 6.45) is 5.31. The summed E-state index contributed by atoms with van der Waals surface area (Å²) in [6.45, 7) is 4.83. The summed E-state index contributed by atoms with van der Waals surface area (Å²) >= 11 is 0. The van der Waals surface area contributed by atoms with Gasteiger partial charge in [0.2, 0.25) is 0 Å². The van der Waals surface area contributed by atoms with Gasteiger partial charge in [-0.3, -0.25) is 9.48 Å². The molecule has 0 aliphatic heterocycles. The van der Waals surface area contributed by atoms with Crippen LogP contribution in [0.5, 0.6) is 0 Å². The molecular weight excluding hydrogens is 250 g/mol. The Morgan fingerprint density at radius 2 is 1.95 bits per heavy atom. The molecule has 0 unspecified atom stereocenters. The number of aromatic nitrogens is 2. The summed E-state index contributed by atoms with van der Waals surface area (Å²) in [5.41, 5.74) is 1.79. The Morgan fingerprint density at radius 1 is 1.25 bits per heavy atom. The molecule has 4 heteroatoms. The fourth-order valence-corrected chi connectivity index (χ4v) is 2.10. The molecule has 0 radical (unpaired) electrons. The molecule has 0 bridgehead atoms. The van der Waals surface area contributed by atoms with E-state index in [1.807, 2.05) is 30.3 Å². The van der Waals surface area contributed by atoms with Crippen LogP contribution in [0.4, 0.5) is 0 Å². The van der Waals surface area contributed by atoms with Crippen LogP contribution in [0, 0.1) is 0 Å². The normalized spacial score (nSPS) is 10.8. The minimum atomic E-state index is -0.0435. The van der Waals surface area contributed by atoms with Gasteiger partial charge in [-0.2, -0.15) is 5.10 Å². The van der Waals surface area contributed by atoms with Crippen LogP contribution >= 0.6 is 0 Å². The first-order valence-corrected chi connectivity index (χ1v) is 7.10. The molecule has 1 amide bonds. The summed E-state index contributed by atoms with van der Waals surface area (Å²) in [5.74, 6) is -0.0435. The summed E-state index contributed by atoms with van der Waals surface area (Å²) < 4.78 is 1.79. The van der Waals surface area contributed by atoms with Gasteiger partial charge in [0, 0.05) is 12.2 Å². The number of hydrogen-bond donors (Lipinski definition) is 1. The Morgan fingerprint density at radius 3 is 2.60 bits per heavy atom. The van der Waals surface area contributed by atoms with Gasteiger partial charge in [-0.15, -0.1) is 0 Å². The zero-order valence-corrected chi connectivity index (χ0v) is 12.0. The molecule has 1 aromatic heterocycles. The van der Waals surface area contributed by atoms with E-state index >= 15 is 0 Å². The molecule has 0 aliphatic carbocycles. The number of hydrogen-bond acceptors (Lipinski definition) is 2. The Labute approximate surface area is 119 Å². The average Bonchev–Trinajstić information content (AvgIpc) is 2.94. The molecule has 106 valence electrons. The molecule has 1 heterocycles. The lowest BCUT2D eigenvalue weighted by molar-refractivity contribution is 0.0935. The van der Waals surface area contributed by atoms with Gasteiger partial charge < -0.3 is 5.32 Å². The van der Waals surface area contributed by atoms with Crippen LogP contribution < -0.4 is 5.32 Å². The lowest BCUT2D eigenvalue weighted by Gasteiger charge is -2.13. The highest BCUT2D eigenvalue weighted by molar-refractivity contribution is 5.93. The molecule has 2 rings (SSSR count). The first-order chi connectivity index (χ1) is 9.72. The molecule has 1 N–H and O–H groups in total. The van der Waals surface area contributed by atoms with Crippen LogP contribution in [0.15, 0.2) is 42.7 Å². The van der Waals surface area contributed by atoms with Gasteiger partial charge in [-0.05, 0) is 18.4 Å². The Balaban J connectivity index is 2.00. The van der Waals surface area contributed by atoms with Crippen molar-refractivity contribution in [3.05, 3.63) is 53.9 Å². The average molecular weight is 271 g/mol. The Kier molecular flexibility index (Phi) is 4.93. The summed E-state index contributed by atoms with van der Waals surface area (Å²) in [7, 11) is 0. The van der Waals surface area contributed by atoms with Crippen molar-refractivity contribution < 1.29 is 4.79 Å². The van der Waals surface area contributed by atoms with Crippen molar-refractivity contribution in [3.63, 3.8) is 0 Å². The topological polar surface area (TPSA) is 46.9 Å². The second-order valence-corrected chi connectivity index (χ2v) is 4.90. The summed E-state index contributed by atoms with van der Waals surface area (Å²) in [5, 5.41) is 7.26. The van der Waals surface area contributed by atoms with Gasteiger partial charge in [0.05, 0.1) is 18.3 Å². The van der Waals surface area contributed by atoms with E-state index in [4.69, 9.17) is 0 Å². The predicted octanol–water partition coefficient (Wildman–Crippen LogP) is 2.85. The number of nitrogens with one attached hydrogen (secondary N) is 1. The largest absolute Gasteiger partial charge is 0.349 e. The molecule has 0 spiro atoms. The zero-order chi connectivity index (χ0) is 14.4. The smallest absolute Gasteiger partial charge is 0.254 e. The molecule has 0 saturated carbocycles. The van der Waals surface area contributed by atoms with Crippen molar-refractivity contribution in [2.75, 3.05) is 0 Å². The third-order valence-corrected chi connectivity index (χ3v) is 3.40.